The van der Waals surface area contributed by atoms with Crippen molar-refractivity contribution in [1.82, 2.24) is 9.88 Å². The van der Waals surface area contributed by atoms with Crippen LogP contribution in [0.4, 0.5) is 4.39 Å². The van der Waals surface area contributed by atoms with Crippen molar-refractivity contribution in [3.8, 4) is 0 Å². The van der Waals surface area contributed by atoms with E-state index in [0.717, 1.165) is 43.7 Å². The molecule has 2 heterocycles. The Balaban J connectivity index is 1.52. The number of nitrogens with zero attached hydrogens (tertiary/aromatic N) is 2. The smallest absolute Gasteiger partial charge is 0.123 e. The van der Waals surface area contributed by atoms with Crippen LogP contribution in [0.3, 0.4) is 0 Å². The van der Waals surface area contributed by atoms with E-state index in [1.165, 1.54) is 17.1 Å². The Hall–Kier alpha value is -1.30. The molecule has 130 valence electrons. The Bertz CT molecular complexity index is 648. The van der Waals surface area contributed by atoms with Crippen molar-refractivity contribution in [2.45, 2.75) is 45.3 Å². The number of hydrogen-bond acceptors (Lipinski definition) is 4. The zero-order chi connectivity index (χ0) is 17.1. The number of aliphatic hydroxyl groups is 1. The average Bonchev–Trinajstić information content (AvgIpc) is 3.04. The monoisotopic (exact) mass is 348 g/mol. The summed E-state index contributed by atoms with van der Waals surface area (Å²) in [5.41, 5.74) is 1.97. The molecule has 5 heteroatoms. The summed E-state index contributed by atoms with van der Waals surface area (Å²) in [6.07, 6.45) is 1.42. The lowest BCUT2D eigenvalue weighted by Gasteiger charge is -2.34. The zero-order valence-electron chi connectivity index (χ0n) is 14.3. The predicted octanol–water partition coefficient (Wildman–Crippen LogP) is 4.35. The molecule has 3 rings (SSSR count). The van der Waals surface area contributed by atoms with Crippen LogP contribution >= 0.6 is 11.3 Å². The molecule has 1 aromatic heterocycles. The minimum Gasteiger partial charge on any atom is -0.388 e. The van der Waals surface area contributed by atoms with Crippen LogP contribution in [0.5, 0.6) is 0 Å². The van der Waals surface area contributed by atoms with Gasteiger partial charge in [0.05, 0.1) is 16.8 Å². The number of aliphatic hydroxyl groups excluding tert-OH is 1. The molecule has 0 spiro atoms. The molecule has 3 nitrogen and oxygen atoms in total. The number of aromatic nitrogens is 1. The van der Waals surface area contributed by atoms with Gasteiger partial charge in [0.25, 0.3) is 0 Å². The second kappa shape index (κ2) is 7.72. The van der Waals surface area contributed by atoms with E-state index in [4.69, 9.17) is 4.98 Å². The largest absolute Gasteiger partial charge is 0.388 e. The second-order valence-corrected chi connectivity index (χ2v) is 7.83. The van der Waals surface area contributed by atoms with Gasteiger partial charge in [-0.3, -0.25) is 4.90 Å². The first-order valence-electron chi connectivity index (χ1n) is 8.63. The second-order valence-electron chi connectivity index (χ2n) is 6.94. The summed E-state index contributed by atoms with van der Waals surface area (Å²) in [6, 6.07) is 6.22. The van der Waals surface area contributed by atoms with Gasteiger partial charge in [-0.2, -0.15) is 0 Å². The van der Waals surface area contributed by atoms with Gasteiger partial charge in [-0.1, -0.05) is 26.0 Å². The first-order valence-corrected chi connectivity index (χ1v) is 9.51. The SMILES string of the molecule is CC(C)c1nc(CN2CCC(C(O)c3ccc(F)cc3)CC2)cs1. The summed E-state index contributed by atoms with van der Waals surface area (Å²) in [5, 5.41) is 13.9. The zero-order valence-corrected chi connectivity index (χ0v) is 15.1. The van der Waals surface area contributed by atoms with Crippen LogP contribution in [0.1, 0.15) is 55.0 Å². The topological polar surface area (TPSA) is 36.4 Å². The summed E-state index contributed by atoms with van der Waals surface area (Å²) in [6.45, 7) is 7.17. The Morgan fingerprint density at radius 2 is 1.92 bits per heavy atom. The highest BCUT2D eigenvalue weighted by Gasteiger charge is 2.26. The van der Waals surface area contributed by atoms with Crippen molar-refractivity contribution >= 4 is 11.3 Å². The van der Waals surface area contributed by atoms with Gasteiger partial charge in [-0.05, 0) is 49.5 Å². The van der Waals surface area contributed by atoms with Crippen LogP contribution < -0.4 is 0 Å². The van der Waals surface area contributed by atoms with Crippen LogP contribution in [-0.4, -0.2) is 28.1 Å². The van der Waals surface area contributed by atoms with E-state index in [2.05, 4.69) is 24.1 Å². The molecule has 0 amide bonds. The van der Waals surface area contributed by atoms with Gasteiger partial charge in [-0.25, -0.2) is 9.37 Å². The van der Waals surface area contributed by atoms with E-state index < -0.39 is 6.10 Å². The maximum atomic E-state index is 13.0. The molecule has 0 saturated carbocycles. The van der Waals surface area contributed by atoms with Gasteiger partial charge < -0.3 is 5.11 Å². The average molecular weight is 348 g/mol. The molecule has 1 aromatic carbocycles. The number of benzene rings is 1. The van der Waals surface area contributed by atoms with E-state index >= 15 is 0 Å². The van der Waals surface area contributed by atoms with Gasteiger partial charge in [0.15, 0.2) is 0 Å². The maximum absolute atomic E-state index is 13.0. The minimum absolute atomic E-state index is 0.244. The molecular weight excluding hydrogens is 323 g/mol. The fraction of sp³-hybridized carbons (Fsp3) is 0.526. The predicted molar refractivity (Wildman–Crippen MR) is 95.6 cm³/mol. The van der Waals surface area contributed by atoms with Crippen molar-refractivity contribution < 1.29 is 9.50 Å². The molecule has 1 aliphatic heterocycles. The summed E-state index contributed by atoms with van der Waals surface area (Å²) in [7, 11) is 0. The molecule has 1 unspecified atom stereocenters. The molecule has 0 aliphatic carbocycles. The van der Waals surface area contributed by atoms with E-state index in [9.17, 15) is 9.50 Å². The molecule has 1 atom stereocenters. The van der Waals surface area contributed by atoms with Gasteiger partial charge in [0.2, 0.25) is 0 Å². The standard InChI is InChI=1S/C19H25FN2OS/c1-13(2)19-21-17(12-24-19)11-22-9-7-15(8-10-22)18(23)14-3-5-16(20)6-4-14/h3-6,12-13,15,18,23H,7-11H2,1-2H3. The molecule has 1 N–H and O–H groups in total. The van der Waals surface area contributed by atoms with E-state index in [1.54, 1.807) is 23.5 Å². The van der Waals surface area contributed by atoms with E-state index in [0.29, 0.717) is 5.92 Å². The van der Waals surface area contributed by atoms with Gasteiger partial charge in [0.1, 0.15) is 5.82 Å². The number of piperidine rings is 1. The molecule has 24 heavy (non-hydrogen) atoms. The Morgan fingerprint density at radius 1 is 1.25 bits per heavy atom. The first kappa shape index (κ1) is 17.5. The number of rotatable bonds is 5. The van der Waals surface area contributed by atoms with E-state index in [-0.39, 0.29) is 11.7 Å². The van der Waals surface area contributed by atoms with Crippen LogP contribution in [0.15, 0.2) is 29.6 Å². The van der Waals surface area contributed by atoms with Crippen LogP contribution in [0.2, 0.25) is 0 Å². The van der Waals surface area contributed by atoms with E-state index in [1.807, 2.05) is 0 Å². The lowest BCUT2D eigenvalue weighted by molar-refractivity contribution is 0.0564. The van der Waals surface area contributed by atoms with Crippen molar-refractivity contribution in [3.63, 3.8) is 0 Å². The summed E-state index contributed by atoms with van der Waals surface area (Å²) in [4.78, 5) is 7.12. The van der Waals surface area contributed by atoms with Gasteiger partial charge >= 0.3 is 0 Å². The third kappa shape index (κ3) is 4.21. The van der Waals surface area contributed by atoms with Crippen molar-refractivity contribution in [1.29, 1.82) is 0 Å². The first-order chi connectivity index (χ1) is 11.5. The number of hydrogen-bond donors (Lipinski definition) is 1. The Labute approximate surface area is 147 Å². The van der Waals surface area contributed by atoms with Crippen molar-refractivity contribution in [2.75, 3.05) is 13.1 Å². The van der Waals surface area contributed by atoms with Crippen LogP contribution in [0, 0.1) is 11.7 Å². The fourth-order valence-corrected chi connectivity index (χ4v) is 4.07. The molecule has 0 bridgehead atoms. The summed E-state index contributed by atoms with van der Waals surface area (Å²) >= 11 is 1.74. The molecule has 1 aliphatic rings. The lowest BCUT2D eigenvalue weighted by Crippen LogP contribution is -2.35. The summed E-state index contributed by atoms with van der Waals surface area (Å²) < 4.78 is 13.0. The number of halogens is 1. The Kier molecular flexibility index (Phi) is 5.64. The van der Waals surface area contributed by atoms with Crippen molar-refractivity contribution in [3.05, 3.63) is 51.7 Å². The third-order valence-electron chi connectivity index (χ3n) is 4.74. The lowest BCUT2D eigenvalue weighted by atomic mass is 9.87. The Morgan fingerprint density at radius 3 is 2.50 bits per heavy atom. The molecule has 0 radical (unpaired) electrons. The highest BCUT2D eigenvalue weighted by molar-refractivity contribution is 7.09. The molecular formula is C19H25FN2OS. The maximum Gasteiger partial charge on any atom is 0.123 e. The summed E-state index contributed by atoms with van der Waals surface area (Å²) in [5.74, 6) is 0.471. The highest BCUT2D eigenvalue weighted by Crippen LogP contribution is 2.31. The molecule has 1 fully saturated rings. The minimum atomic E-state index is -0.500. The molecule has 1 saturated heterocycles. The van der Waals surface area contributed by atoms with Gasteiger partial charge in [0, 0.05) is 17.8 Å². The van der Waals surface area contributed by atoms with Crippen LogP contribution in [-0.2, 0) is 6.54 Å². The quantitative estimate of drug-likeness (QED) is 0.872. The van der Waals surface area contributed by atoms with Gasteiger partial charge in [-0.15, -0.1) is 11.3 Å². The third-order valence-corrected chi connectivity index (χ3v) is 5.93. The number of thiazole rings is 1. The van der Waals surface area contributed by atoms with Crippen LogP contribution in [0.25, 0.3) is 0 Å². The normalized spacial score (nSPS) is 18.2. The van der Waals surface area contributed by atoms with Crippen molar-refractivity contribution in [2.24, 2.45) is 5.92 Å². The highest BCUT2D eigenvalue weighted by atomic mass is 32.1. The fourth-order valence-electron chi connectivity index (χ4n) is 3.25. The molecule has 2 aromatic rings. The number of likely N-dealkylation sites (tertiary alicyclic amines) is 1.